The number of carbonyl (C=O) groups is 2. The summed E-state index contributed by atoms with van der Waals surface area (Å²) in [6.07, 6.45) is 2.32. The summed E-state index contributed by atoms with van der Waals surface area (Å²) in [5.41, 5.74) is 3.43. The van der Waals surface area contributed by atoms with Gasteiger partial charge in [0.15, 0.2) is 10.6 Å². The van der Waals surface area contributed by atoms with E-state index in [4.69, 9.17) is 12.2 Å². The number of hydrogen-bond acceptors (Lipinski definition) is 4. The van der Waals surface area contributed by atoms with E-state index in [9.17, 15) is 9.59 Å². The van der Waals surface area contributed by atoms with Crippen molar-refractivity contribution in [3.05, 3.63) is 58.9 Å². The van der Waals surface area contributed by atoms with Crippen molar-refractivity contribution in [1.29, 1.82) is 0 Å². The zero-order chi connectivity index (χ0) is 21.8. The van der Waals surface area contributed by atoms with Crippen molar-refractivity contribution < 1.29 is 9.59 Å². The van der Waals surface area contributed by atoms with E-state index in [1.54, 1.807) is 24.3 Å². The van der Waals surface area contributed by atoms with Crippen LogP contribution in [0.15, 0.2) is 48.5 Å². The van der Waals surface area contributed by atoms with Crippen LogP contribution in [0.2, 0.25) is 0 Å². The van der Waals surface area contributed by atoms with Gasteiger partial charge in [0, 0.05) is 35.9 Å². The molecule has 1 heterocycles. The van der Waals surface area contributed by atoms with Crippen LogP contribution >= 0.6 is 12.2 Å². The van der Waals surface area contributed by atoms with Gasteiger partial charge in [0.2, 0.25) is 5.91 Å². The van der Waals surface area contributed by atoms with Crippen molar-refractivity contribution >= 4 is 35.5 Å². The van der Waals surface area contributed by atoms with Crippen molar-refractivity contribution in [2.24, 2.45) is 0 Å². The second kappa shape index (κ2) is 9.13. The largest absolute Gasteiger partial charge is 0.335 e. The lowest BCUT2D eigenvalue weighted by atomic mass is 10.1. The Kier molecular flexibility index (Phi) is 6.13. The lowest BCUT2D eigenvalue weighted by molar-refractivity contribution is -0.116. The van der Waals surface area contributed by atoms with Gasteiger partial charge < -0.3 is 16.0 Å². The van der Waals surface area contributed by atoms with Crippen LogP contribution in [0.5, 0.6) is 0 Å². The molecule has 8 nitrogen and oxygen atoms in total. The first-order chi connectivity index (χ1) is 15.0. The highest BCUT2D eigenvalue weighted by atomic mass is 32.1. The van der Waals surface area contributed by atoms with Gasteiger partial charge in [-0.05, 0) is 56.2 Å². The summed E-state index contributed by atoms with van der Waals surface area (Å²) >= 11 is 5.33. The zero-order valence-electron chi connectivity index (χ0n) is 17.1. The molecule has 0 unspecified atom stereocenters. The van der Waals surface area contributed by atoms with Gasteiger partial charge in [0.1, 0.15) is 0 Å². The number of urea groups is 1. The van der Waals surface area contributed by atoms with E-state index < -0.39 is 0 Å². The second-order valence-electron chi connectivity index (χ2n) is 7.62. The molecule has 1 aromatic heterocycles. The molecule has 0 bridgehead atoms. The molecule has 1 saturated carbocycles. The highest BCUT2D eigenvalue weighted by molar-refractivity contribution is 7.71. The molecule has 31 heavy (non-hydrogen) atoms. The summed E-state index contributed by atoms with van der Waals surface area (Å²) in [6, 6.07) is 15.1. The van der Waals surface area contributed by atoms with E-state index in [0.717, 1.165) is 24.0 Å². The van der Waals surface area contributed by atoms with Crippen molar-refractivity contribution in [1.82, 2.24) is 20.1 Å². The van der Waals surface area contributed by atoms with Crippen LogP contribution in [0.25, 0.3) is 11.4 Å². The van der Waals surface area contributed by atoms with Crippen molar-refractivity contribution in [2.75, 3.05) is 10.6 Å². The van der Waals surface area contributed by atoms with Crippen molar-refractivity contribution in [3.8, 4) is 11.4 Å². The number of anilines is 2. The summed E-state index contributed by atoms with van der Waals surface area (Å²) < 4.78 is 2.30. The standard InChI is InChI=1S/C22H24N6O2S/c1-14-2-4-15(5-3-14)20-26-27-22(31)28(20)13-12-19(29)23-16-6-8-17(9-7-16)24-21(30)25-18-10-11-18/h2-9,18H,10-13H2,1H3,(H,23,29)(H,27,31)(H2,24,25,30). The number of hydrogen-bond donors (Lipinski definition) is 4. The molecule has 1 aliphatic rings. The third-order valence-corrected chi connectivity index (χ3v) is 5.28. The third kappa shape index (κ3) is 5.58. The molecule has 160 valence electrons. The Hall–Kier alpha value is -3.46. The number of benzene rings is 2. The molecule has 4 rings (SSSR count). The van der Waals surface area contributed by atoms with Crippen LogP contribution in [0.3, 0.4) is 0 Å². The smallest absolute Gasteiger partial charge is 0.319 e. The van der Waals surface area contributed by atoms with Crippen molar-refractivity contribution in [3.63, 3.8) is 0 Å². The van der Waals surface area contributed by atoms with E-state index in [2.05, 4.69) is 26.1 Å². The topological polar surface area (TPSA) is 104 Å². The lowest BCUT2D eigenvalue weighted by Gasteiger charge is -2.10. The highest BCUT2D eigenvalue weighted by Crippen LogP contribution is 2.20. The predicted molar refractivity (Wildman–Crippen MR) is 122 cm³/mol. The van der Waals surface area contributed by atoms with E-state index in [1.807, 2.05) is 35.8 Å². The van der Waals surface area contributed by atoms with Gasteiger partial charge in [0.05, 0.1) is 0 Å². The quantitative estimate of drug-likeness (QED) is 0.416. The Labute approximate surface area is 185 Å². The van der Waals surface area contributed by atoms with E-state index >= 15 is 0 Å². The number of aromatic nitrogens is 3. The number of nitrogens with zero attached hydrogens (tertiary/aromatic N) is 2. The Morgan fingerprint density at radius 2 is 1.71 bits per heavy atom. The van der Waals surface area contributed by atoms with Gasteiger partial charge in [0.25, 0.3) is 0 Å². The number of aromatic amines is 1. The molecule has 9 heteroatoms. The normalized spacial score (nSPS) is 12.9. The van der Waals surface area contributed by atoms with Crippen LogP contribution < -0.4 is 16.0 Å². The lowest BCUT2D eigenvalue weighted by Crippen LogP contribution is -2.30. The fraction of sp³-hybridized carbons (Fsp3) is 0.273. The molecule has 3 aromatic rings. The monoisotopic (exact) mass is 436 g/mol. The van der Waals surface area contributed by atoms with Gasteiger partial charge in [-0.25, -0.2) is 4.79 Å². The summed E-state index contributed by atoms with van der Waals surface area (Å²) in [5.74, 6) is 0.572. The number of aryl methyl sites for hydroxylation is 1. The summed E-state index contributed by atoms with van der Waals surface area (Å²) in [4.78, 5) is 24.2. The fourth-order valence-corrected chi connectivity index (χ4v) is 3.33. The maximum Gasteiger partial charge on any atom is 0.319 e. The number of rotatable bonds is 7. The number of nitrogens with one attached hydrogen (secondary N) is 4. The minimum absolute atomic E-state index is 0.134. The third-order valence-electron chi connectivity index (χ3n) is 4.97. The highest BCUT2D eigenvalue weighted by Gasteiger charge is 2.23. The van der Waals surface area contributed by atoms with Gasteiger partial charge in [-0.2, -0.15) is 5.10 Å². The fourth-order valence-electron chi connectivity index (χ4n) is 3.10. The molecule has 0 spiro atoms. The van der Waals surface area contributed by atoms with Gasteiger partial charge in [-0.15, -0.1) is 0 Å². The van der Waals surface area contributed by atoms with E-state index in [1.165, 1.54) is 0 Å². The molecule has 1 fully saturated rings. The van der Waals surface area contributed by atoms with Crippen LogP contribution in [-0.2, 0) is 11.3 Å². The maximum absolute atomic E-state index is 12.4. The second-order valence-corrected chi connectivity index (χ2v) is 8.00. The van der Waals surface area contributed by atoms with Crippen LogP contribution in [-0.4, -0.2) is 32.7 Å². The Bertz CT molecular complexity index is 1130. The molecular weight excluding hydrogens is 412 g/mol. The molecule has 0 saturated heterocycles. The summed E-state index contributed by atoms with van der Waals surface area (Å²) in [5, 5.41) is 15.6. The average Bonchev–Trinajstić information content (AvgIpc) is 3.48. The summed E-state index contributed by atoms with van der Waals surface area (Å²) in [7, 11) is 0. The van der Waals surface area contributed by atoms with Gasteiger partial charge in [-0.3, -0.25) is 14.5 Å². The van der Waals surface area contributed by atoms with Gasteiger partial charge >= 0.3 is 6.03 Å². The molecule has 4 N–H and O–H groups in total. The minimum Gasteiger partial charge on any atom is -0.335 e. The predicted octanol–water partition coefficient (Wildman–Crippen LogP) is 4.23. The number of H-pyrrole nitrogens is 1. The van der Waals surface area contributed by atoms with E-state index in [-0.39, 0.29) is 18.4 Å². The number of amides is 3. The van der Waals surface area contributed by atoms with Crippen LogP contribution in [0.1, 0.15) is 24.8 Å². The zero-order valence-corrected chi connectivity index (χ0v) is 18.0. The Morgan fingerprint density at radius 3 is 2.35 bits per heavy atom. The first-order valence-corrected chi connectivity index (χ1v) is 10.6. The number of carbonyl (C=O) groups excluding carboxylic acids is 2. The molecule has 2 aromatic carbocycles. The van der Waals surface area contributed by atoms with Crippen molar-refractivity contribution in [2.45, 2.75) is 38.8 Å². The van der Waals surface area contributed by atoms with Crippen LogP contribution in [0, 0.1) is 11.7 Å². The molecule has 0 radical (unpaired) electrons. The first-order valence-electron chi connectivity index (χ1n) is 10.2. The Balaban J connectivity index is 1.32. The molecule has 0 aliphatic heterocycles. The molecule has 1 aliphatic carbocycles. The van der Waals surface area contributed by atoms with Gasteiger partial charge in [-0.1, -0.05) is 29.8 Å². The SMILES string of the molecule is Cc1ccc(-c2n[nH]c(=S)n2CCC(=O)Nc2ccc(NC(=O)NC3CC3)cc2)cc1. The maximum atomic E-state index is 12.4. The van der Waals surface area contributed by atoms with E-state index in [0.29, 0.717) is 34.6 Å². The minimum atomic E-state index is -0.208. The summed E-state index contributed by atoms with van der Waals surface area (Å²) in [6.45, 7) is 2.43. The molecule has 3 amide bonds. The molecule has 0 atom stereocenters. The Morgan fingerprint density at radius 1 is 1.06 bits per heavy atom. The van der Waals surface area contributed by atoms with Crippen LogP contribution in [0.4, 0.5) is 16.2 Å². The average molecular weight is 437 g/mol. The molecular formula is C22H24N6O2S. The first kappa shape index (κ1) is 20.8.